The van der Waals surface area contributed by atoms with Crippen LogP contribution in [0.3, 0.4) is 0 Å². The van der Waals surface area contributed by atoms with Gasteiger partial charge in [0.1, 0.15) is 11.6 Å². The molecule has 0 aliphatic rings. The van der Waals surface area contributed by atoms with Gasteiger partial charge in [0.2, 0.25) is 0 Å². The van der Waals surface area contributed by atoms with E-state index < -0.39 is 15.8 Å². The normalized spacial score (nSPS) is 10.9. The number of rotatable bonds is 5. The molecule has 0 bridgehead atoms. The summed E-state index contributed by atoms with van der Waals surface area (Å²) in [7, 11) is -1.05. The highest BCUT2D eigenvalue weighted by atomic mass is 32.2. The molecule has 122 valence electrons. The van der Waals surface area contributed by atoms with Crippen molar-refractivity contribution in [3.8, 4) is 5.75 Å². The van der Waals surface area contributed by atoms with Crippen molar-refractivity contribution < 1.29 is 22.3 Å². The van der Waals surface area contributed by atoms with Crippen LogP contribution in [0.15, 0.2) is 47.4 Å². The van der Waals surface area contributed by atoms with Gasteiger partial charge in [0.25, 0.3) is 15.9 Å². The largest absolute Gasteiger partial charge is 0.495 e. The third kappa shape index (κ3) is 3.78. The zero-order valence-corrected chi connectivity index (χ0v) is 13.3. The Morgan fingerprint density at radius 1 is 1.13 bits per heavy atom. The Morgan fingerprint density at radius 3 is 2.35 bits per heavy atom. The van der Waals surface area contributed by atoms with E-state index in [9.17, 15) is 17.6 Å². The van der Waals surface area contributed by atoms with E-state index in [1.54, 1.807) is 0 Å². The summed E-state index contributed by atoms with van der Waals surface area (Å²) in [6.45, 7) is 0. The van der Waals surface area contributed by atoms with Crippen LogP contribution in [-0.2, 0) is 10.0 Å². The van der Waals surface area contributed by atoms with Crippen LogP contribution in [0.1, 0.15) is 10.4 Å². The maximum absolute atomic E-state index is 12.9. The number of carbonyl (C=O) groups excluding carboxylic acids is 1. The van der Waals surface area contributed by atoms with Gasteiger partial charge in [-0.25, -0.2) is 12.8 Å². The van der Waals surface area contributed by atoms with Crippen molar-refractivity contribution in [2.45, 2.75) is 4.90 Å². The van der Waals surface area contributed by atoms with E-state index in [2.05, 4.69) is 10.0 Å². The van der Waals surface area contributed by atoms with Crippen LogP contribution in [0.25, 0.3) is 0 Å². The number of anilines is 1. The highest BCUT2D eigenvalue weighted by Crippen LogP contribution is 2.28. The molecule has 0 saturated heterocycles. The Bertz CT molecular complexity index is 820. The highest BCUT2D eigenvalue weighted by molar-refractivity contribution is 7.92. The molecule has 2 aromatic rings. The highest BCUT2D eigenvalue weighted by Gasteiger charge is 2.17. The number of ether oxygens (including phenoxy) is 1. The second-order valence-electron chi connectivity index (χ2n) is 4.55. The van der Waals surface area contributed by atoms with E-state index in [1.807, 2.05) is 0 Å². The van der Waals surface area contributed by atoms with Crippen molar-refractivity contribution in [1.29, 1.82) is 0 Å². The van der Waals surface area contributed by atoms with Crippen LogP contribution >= 0.6 is 0 Å². The fraction of sp³-hybridized carbons (Fsp3) is 0.133. The monoisotopic (exact) mass is 338 g/mol. The standard InChI is InChI=1S/C15H15FN2O4S/c1-17-15(19)10-3-8-13(14(9-10)22-2)18-23(20,21)12-6-4-11(16)5-7-12/h3-9,18H,1-2H3,(H,17,19). The summed E-state index contributed by atoms with van der Waals surface area (Å²) in [6.07, 6.45) is 0. The summed E-state index contributed by atoms with van der Waals surface area (Å²) in [4.78, 5) is 11.5. The molecule has 0 saturated carbocycles. The van der Waals surface area contributed by atoms with Gasteiger partial charge in [-0.1, -0.05) is 0 Å². The number of benzene rings is 2. The second kappa shape index (κ2) is 6.66. The third-order valence-electron chi connectivity index (χ3n) is 3.06. The number of methoxy groups -OCH3 is 1. The molecule has 0 radical (unpaired) electrons. The molecule has 0 spiro atoms. The van der Waals surface area contributed by atoms with Crippen molar-refractivity contribution >= 4 is 21.6 Å². The zero-order chi connectivity index (χ0) is 17.0. The minimum Gasteiger partial charge on any atom is -0.495 e. The van der Waals surface area contributed by atoms with E-state index in [0.29, 0.717) is 5.56 Å². The number of halogens is 1. The van der Waals surface area contributed by atoms with Crippen molar-refractivity contribution in [2.75, 3.05) is 18.9 Å². The minimum absolute atomic E-state index is 0.0867. The Labute approximate surface area is 133 Å². The molecule has 0 heterocycles. The average Bonchev–Trinajstić information content (AvgIpc) is 2.54. The van der Waals surface area contributed by atoms with E-state index in [-0.39, 0.29) is 22.2 Å². The smallest absolute Gasteiger partial charge is 0.262 e. The van der Waals surface area contributed by atoms with Crippen molar-refractivity contribution in [3.63, 3.8) is 0 Å². The minimum atomic E-state index is -3.90. The summed E-state index contributed by atoms with van der Waals surface area (Å²) in [6, 6.07) is 8.72. The third-order valence-corrected chi connectivity index (χ3v) is 4.44. The first kappa shape index (κ1) is 16.8. The van der Waals surface area contributed by atoms with Crippen LogP contribution in [-0.4, -0.2) is 28.5 Å². The Morgan fingerprint density at radius 2 is 1.78 bits per heavy atom. The predicted molar refractivity (Wildman–Crippen MR) is 83.6 cm³/mol. The maximum Gasteiger partial charge on any atom is 0.262 e. The number of sulfonamides is 1. The molecule has 6 nitrogen and oxygen atoms in total. The fourth-order valence-corrected chi connectivity index (χ4v) is 2.95. The van der Waals surface area contributed by atoms with Gasteiger partial charge in [0, 0.05) is 12.6 Å². The lowest BCUT2D eigenvalue weighted by Gasteiger charge is -2.13. The van der Waals surface area contributed by atoms with E-state index in [1.165, 1.54) is 32.4 Å². The van der Waals surface area contributed by atoms with Crippen LogP contribution in [0, 0.1) is 5.82 Å². The number of nitrogens with one attached hydrogen (secondary N) is 2. The second-order valence-corrected chi connectivity index (χ2v) is 6.24. The lowest BCUT2D eigenvalue weighted by molar-refractivity contribution is 0.0963. The molecule has 1 amide bonds. The Balaban J connectivity index is 2.35. The Hall–Kier alpha value is -2.61. The number of hydrogen-bond acceptors (Lipinski definition) is 4. The molecule has 2 rings (SSSR count). The fourth-order valence-electron chi connectivity index (χ4n) is 1.88. The molecule has 2 aromatic carbocycles. The van der Waals surface area contributed by atoms with Gasteiger partial charge >= 0.3 is 0 Å². The van der Waals surface area contributed by atoms with Gasteiger partial charge in [-0.2, -0.15) is 0 Å². The topological polar surface area (TPSA) is 84.5 Å². The number of hydrogen-bond donors (Lipinski definition) is 2. The lowest BCUT2D eigenvalue weighted by atomic mass is 10.2. The van der Waals surface area contributed by atoms with Crippen LogP contribution in [0.2, 0.25) is 0 Å². The van der Waals surface area contributed by atoms with E-state index in [4.69, 9.17) is 4.74 Å². The molecule has 23 heavy (non-hydrogen) atoms. The quantitative estimate of drug-likeness (QED) is 0.873. The molecule has 0 unspecified atom stereocenters. The first-order valence-corrected chi connectivity index (χ1v) is 8.04. The summed E-state index contributed by atoms with van der Waals surface area (Å²) in [5, 5.41) is 2.46. The summed E-state index contributed by atoms with van der Waals surface area (Å²) < 4.78 is 44.9. The van der Waals surface area contributed by atoms with Crippen molar-refractivity contribution in [2.24, 2.45) is 0 Å². The van der Waals surface area contributed by atoms with Gasteiger partial charge in [-0.3, -0.25) is 9.52 Å². The van der Waals surface area contributed by atoms with Crippen molar-refractivity contribution in [1.82, 2.24) is 5.32 Å². The molecule has 0 fully saturated rings. The summed E-state index contributed by atoms with van der Waals surface area (Å²) >= 11 is 0. The molecule has 2 N–H and O–H groups in total. The molecule has 8 heteroatoms. The molecule has 0 atom stereocenters. The first-order valence-electron chi connectivity index (χ1n) is 6.56. The molecule has 0 aromatic heterocycles. The predicted octanol–water partition coefficient (Wildman–Crippen LogP) is 1.99. The number of amides is 1. The van der Waals surface area contributed by atoms with Crippen LogP contribution in [0.4, 0.5) is 10.1 Å². The molecule has 0 aliphatic heterocycles. The van der Waals surface area contributed by atoms with Gasteiger partial charge in [-0.05, 0) is 42.5 Å². The van der Waals surface area contributed by atoms with Gasteiger partial charge in [0.15, 0.2) is 0 Å². The first-order chi connectivity index (χ1) is 10.9. The van der Waals surface area contributed by atoms with Gasteiger partial charge < -0.3 is 10.1 Å². The maximum atomic E-state index is 12.9. The van der Waals surface area contributed by atoms with Gasteiger partial charge in [0.05, 0.1) is 17.7 Å². The summed E-state index contributed by atoms with van der Waals surface area (Å²) in [5.41, 5.74) is 0.499. The van der Waals surface area contributed by atoms with Crippen LogP contribution < -0.4 is 14.8 Å². The SMILES string of the molecule is CNC(=O)c1ccc(NS(=O)(=O)c2ccc(F)cc2)c(OC)c1. The van der Waals surface area contributed by atoms with Crippen molar-refractivity contribution in [3.05, 3.63) is 53.8 Å². The van der Waals surface area contributed by atoms with E-state index >= 15 is 0 Å². The lowest BCUT2D eigenvalue weighted by Crippen LogP contribution is -2.18. The van der Waals surface area contributed by atoms with Gasteiger partial charge in [-0.15, -0.1) is 0 Å². The average molecular weight is 338 g/mol. The van der Waals surface area contributed by atoms with E-state index in [0.717, 1.165) is 24.3 Å². The zero-order valence-electron chi connectivity index (χ0n) is 12.5. The molecule has 0 aliphatic carbocycles. The molecular weight excluding hydrogens is 323 g/mol. The number of carbonyl (C=O) groups is 1. The summed E-state index contributed by atoms with van der Waals surface area (Å²) in [5.74, 6) is -0.663. The van der Waals surface area contributed by atoms with Crippen LogP contribution in [0.5, 0.6) is 5.75 Å². The Kier molecular flexibility index (Phi) is 4.85. The molecular formula is C15H15FN2O4S.